The average molecular weight is 466 g/mol. The van der Waals surface area contributed by atoms with Gasteiger partial charge < -0.3 is 4.90 Å². The lowest BCUT2D eigenvalue weighted by molar-refractivity contribution is 0.0588. The summed E-state index contributed by atoms with van der Waals surface area (Å²) in [7, 11) is -2.92. The normalized spacial score (nSPS) is 20.7. The maximum Gasteiger partial charge on any atom is 0.257 e. The number of aromatic nitrogens is 3. The van der Waals surface area contributed by atoms with Crippen LogP contribution in [0.4, 0.5) is 0 Å². The van der Waals surface area contributed by atoms with Crippen molar-refractivity contribution in [2.75, 3.05) is 37.7 Å². The molecule has 33 heavy (non-hydrogen) atoms. The molecule has 4 heterocycles. The van der Waals surface area contributed by atoms with Gasteiger partial charge in [-0.05, 0) is 24.1 Å². The molecule has 3 aromatic rings. The molecule has 0 aliphatic carbocycles. The Kier molecular flexibility index (Phi) is 5.99. The molecule has 172 valence electrons. The van der Waals surface area contributed by atoms with Crippen molar-refractivity contribution in [3.05, 3.63) is 72.2 Å². The van der Waals surface area contributed by atoms with Crippen molar-refractivity contribution in [3.63, 3.8) is 0 Å². The van der Waals surface area contributed by atoms with Crippen LogP contribution in [0.15, 0.2) is 61.1 Å². The van der Waals surface area contributed by atoms with E-state index in [1.54, 1.807) is 12.4 Å². The van der Waals surface area contributed by atoms with Gasteiger partial charge in [-0.15, -0.1) is 0 Å². The lowest BCUT2D eigenvalue weighted by Crippen LogP contribution is -2.52. The highest BCUT2D eigenvalue weighted by Gasteiger charge is 2.35. The highest BCUT2D eigenvalue weighted by Crippen LogP contribution is 2.25. The van der Waals surface area contributed by atoms with Crippen molar-refractivity contribution in [2.24, 2.45) is 0 Å². The summed E-state index contributed by atoms with van der Waals surface area (Å²) in [4.78, 5) is 21.8. The van der Waals surface area contributed by atoms with Gasteiger partial charge in [0.15, 0.2) is 9.84 Å². The minimum absolute atomic E-state index is 0.0492. The summed E-state index contributed by atoms with van der Waals surface area (Å²) in [6, 6.07) is 13.9. The second-order valence-corrected chi connectivity index (χ2v) is 10.9. The number of carbonyl (C=O) groups excluding carboxylic acids is 1. The van der Waals surface area contributed by atoms with Gasteiger partial charge >= 0.3 is 0 Å². The molecule has 1 amide bonds. The highest BCUT2D eigenvalue weighted by atomic mass is 32.2. The summed E-state index contributed by atoms with van der Waals surface area (Å²) in [6.45, 7) is 3.10. The van der Waals surface area contributed by atoms with Crippen LogP contribution in [-0.4, -0.2) is 82.6 Å². The zero-order valence-corrected chi connectivity index (χ0v) is 19.2. The molecule has 1 atom stereocenters. The van der Waals surface area contributed by atoms with Crippen LogP contribution in [-0.2, 0) is 16.4 Å². The third kappa shape index (κ3) is 4.84. The molecule has 0 bridgehead atoms. The Balaban J connectivity index is 1.35. The van der Waals surface area contributed by atoms with Crippen LogP contribution >= 0.6 is 0 Å². The number of hydrogen-bond acceptors (Lipinski definition) is 6. The molecule has 1 aromatic carbocycles. The van der Waals surface area contributed by atoms with E-state index in [9.17, 15) is 13.2 Å². The molecular weight excluding hydrogens is 438 g/mol. The van der Waals surface area contributed by atoms with Crippen LogP contribution in [0.25, 0.3) is 11.3 Å². The molecule has 0 radical (unpaired) electrons. The van der Waals surface area contributed by atoms with E-state index in [1.807, 2.05) is 58.2 Å². The number of pyridine rings is 1. The molecular formula is C24H27N5O3S. The Morgan fingerprint density at radius 3 is 2.48 bits per heavy atom. The summed E-state index contributed by atoms with van der Waals surface area (Å²) in [5.74, 6) is 0.455. The van der Waals surface area contributed by atoms with Crippen LogP contribution in [0.3, 0.4) is 0 Å². The predicted molar refractivity (Wildman–Crippen MR) is 126 cm³/mol. The van der Waals surface area contributed by atoms with E-state index in [0.29, 0.717) is 50.4 Å². The summed E-state index contributed by atoms with van der Waals surface area (Å²) >= 11 is 0. The number of sulfone groups is 1. The van der Waals surface area contributed by atoms with Crippen molar-refractivity contribution in [1.82, 2.24) is 24.6 Å². The van der Waals surface area contributed by atoms with Gasteiger partial charge in [0.25, 0.3) is 5.91 Å². The van der Waals surface area contributed by atoms with Crippen molar-refractivity contribution >= 4 is 15.7 Å². The van der Waals surface area contributed by atoms with E-state index in [-0.39, 0.29) is 23.5 Å². The van der Waals surface area contributed by atoms with Crippen LogP contribution in [0, 0.1) is 0 Å². The molecule has 0 spiro atoms. The maximum atomic E-state index is 13.5. The van der Waals surface area contributed by atoms with Gasteiger partial charge in [0.1, 0.15) is 5.69 Å². The number of piperazine rings is 1. The highest BCUT2D eigenvalue weighted by molar-refractivity contribution is 7.91. The minimum atomic E-state index is -2.92. The van der Waals surface area contributed by atoms with Gasteiger partial charge in [-0.1, -0.05) is 30.3 Å². The van der Waals surface area contributed by atoms with Crippen molar-refractivity contribution in [3.8, 4) is 11.3 Å². The van der Waals surface area contributed by atoms with Crippen LogP contribution in [0.5, 0.6) is 0 Å². The summed E-state index contributed by atoms with van der Waals surface area (Å²) < 4.78 is 25.5. The van der Waals surface area contributed by atoms with Crippen LogP contribution in [0.1, 0.15) is 22.3 Å². The number of amides is 1. The van der Waals surface area contributed by atoms with Gasteiger partial charge in [0.2, 0.25) is 0 Å². The first-order valence-corrected chi connectivity index (χ1v) is 13.1. The van der Waals surface area contributed by atoms with E-state index in [0.717, 1.165) is 11.1 Å². The molecule has 9 heteroatoms. The van der Waals surface area contributed by atoms with Gasteiger partial charge in [-0.25, -0.2) is 8.42 Å². The Labute approximate surface area is 193 Å². The fourth-order valence-corrected chi connectivity index (χ4v) is 6.43. The molecule has 2 fully saturated rings. The Morgan fingerprint density at radius 1 is 1.03 bits per heavy atom. The molecule has 2 aliphatic heterocycles. The third-order valence-corrected chi connectivity index (χ3v) is 8.19. The number of nitrogens with zero attached hydrogens (tertiary/aromatic N) is 5. The van der Waals surface area contributed by atoms with E-state index in [1.165, 1.54) is 0 Å². The average Bonchev–Trinajstić information content (AvgIpc) is 3.43. The SMILES string of the molecule is O=C(c1cn(Cc2ccccc2)nc1-c1cccnc1)N1CCN(C2CCS(=O)(=O)C2)CC1. The third-order valence-electron chi connectivity index (χ3n) is 6.44. The van der Waals surface area contributed by atoms with Gasteiger partial charge in [-0.3, -0.25) is 19.4 Å². The molecule has 5 rings (SSSR count). The summed E-state index contributed by atoms with van der Waals surface area (Å²) in [6.07, 6.45) is 5.94. The van der Waals surface area contributed by atoms with E-state index in [4.69, 9.17) is 5.10 Å². The lowest BCUT2D eigenvalue weighted by atomic mass is 10.1. The summed E-state index contributed by atoms with van der Waals surface area (Å²) in [5, 5.41) is 4.74. The maximum absolute atomic E-state index is 13.5. The lowest BCUT2D eigenvalue weighted by Gasteiger charge is -2.37. The van der Waals surface area contributed by atoms with Gasteiger partial charge in [-0.2, -0.15) is 5.10 Å². The second kappa shape index (κ2) is 9.07. The second-order valence-electron chi connectivity index (χ2n) is 8.70. The molecule has 2 saturated heterocycles. The number of carbonyl (C=O) groups is 1. The first-order valence-electron chi connectivity index (χ1n) is 11.2. The van der Waals surface area contributed by atoms with E-state index >= 15 is 0 Å². The largest absolute Gasteiger partial charge is 0.336 e. The molecule has 0 saturated carbocycles. The number of rotatable bonds is 5. The van der Waals surface area contributed by atoms with E-state index < -0.39 is 9.84 Å². The fraction of sp³-hybridized carbons (Fsp3) is 0.375. The molecule has 2 aromatic heterocycles. The Bertz CT molecular complexity index is 1220. The molecule has 1 unspecified atom stereocenters. The minimum Gasteiger partial charge on any atom is -0.336 e. The van der Waals surface area contributed by atoms with Gasteiger partial charge in [0.05, 0.1) is 23.6 Å². The topological polar surface area (TPSA) is 88.4 Å². The van der Waals surface area contributed by atoms with Crippen LogP contribution < -0.4 is 0 Å². The van der Waals surface area contributed by atoms with Gasteiger partial charge in [0, 0.05) is 56.4 Å². The zero-order valence-electron chi connectivity index (χ0n) is 18.4. The standard InChI is InChI=1S/C24H27N5O3S/c30-24(28-12-10-27(11-13-28)21-8-14-33(31,32)18-21)22-17-29(16-19-5-2-1-3-6-19)26-23(22)20-7-4-9-25-15-20/h1-7,9,15,17,21H,8,10-14,16,18H2. The Hall–Kier alpha value is -3.04. The first kappa shape index (κ1) is 21.8. The van der Waals surface area contributed by atoms with Crippen molar-refractivity contribution in [1.29, 1.82) is 0 Å². The fourth-order valence-electron chi connectivity index (χ4n) is 4.67. The smallest absolute Gasteiger partial charge is 0.257 e. The number of benzene rings is 1. The monoisotopic (exact) mass is 465 g/mol. The zero-order chi connectivity index (χ0) is 22.8. The quantitative estimate of drug-likeness (QED) is 0.572. The molecule has 8 nitrogen and oxygen atoms in total. The molecule has 2 aliphatic rings. The van der Waals surface area contributed by atoms with Crippen molar-refractivity contribution in [2.45, 2.75) is 19.0 Å². The predicted octanol–water partition coefficient (Wildman–Crippen LogP) is 1.94. The first-order chi connectivity index (χ1) is 16.0. The number of hydrogen-bond donors (Lipinski definition) is 0. The molecule has 0 N–H and O–H groups in total. The van der Waals surface area contributed by atoms with E-state index in [2.05, 4.69) is 9.88 Å². The Morgan fingerprint density at radius 2 is 1.82 bits per heavy atom. The van der Waals surface area contributed by atoms with Crippen LogP contribution in [0.2, 0.25) is 0 Å². The van der Waals surface area contributed by atoms with Crippen molar-refractivity contribution < 1.29 is 13.2 Å². The summed E-state index contributed by atoms with van der Waals surface area (Å²) in [5.41, 5.74) is 3.11.